The van der Waals surface area contributed by atoms with Gasteiger partial charge in [0.05, 0.1) is 6.42 Å². The lowest BCUT2D eigenvalue weighted by molar-refractivity contribution is -0.154. The summed E-state index contributed by atoms with van der Waals surface area (Å²) in [7, 11) is 4.20. The van der Waals surface area contributed by atoms with Crippen LogP contribution in [0.5, 0.6) is 0 Å². The zero-order valence-electron chi connectivity index (χ0n) is 21.4. The summed E-state index contributed by atoms with van der Waals surface area (Å²) in [5.41, 5.74) is 6.27. The molecular formula is C29H39N2O2+. The first-order valence-electron chi connectivity index (χ1n) is 12.3. The lowest BCUT2D eigenvalue weighted by Crippen LogP contribution is -2.42. The fraction of sp³-hybridized carbons (Fsp3) is 0.517. The van der Waals surface area contributed by atoms with Crippen molar-refractivity contribution in [2.75, 3.05) is 32.1 Å². The summed E-state index contributed by atoms with van der Waals surface area (Å²) in [6.07, 6.45) is 5.91. The minimum absolute atomic E-state index is 0.0693. The van der Waals surface area contributed by atoms with Gasteiger partial charge in [0.25, 0.3) is 0 Å². The van der Waals surface area contributed by atoms with Crippen LogP contribution < -0.4 is 20.1 Å². The van der Waals surface area contributed by atoms with Gasteiger partial charge in [-0.1, -0.05) is 19.9 Å². The van der Waals surface area contributed by atoms with Gasteiger partial charge in [-0.3, -0.25) is 4.79 Å². The van der Waals surface area contributed by atoms with Crippen molar-refractivity contribution in [3.05, 3.63) is 63.2 Å². The second-order valence-electron chi connectivity index (χ2n) is 11.3. The molecule has 4 heteroatoms. The smallest absolute Gasteiger partial charge is 0.306 e. The fourth-order valence-electron chi connectivity index (χ4n) is 5.23. The van der Waals surface area contributed by atoms with Gasteiger partial charge in [-0.05, 0) is 73.4 Å². The average molecular weight is 448 g/mol. The highest BCUT2D eigenvalue weighted by Crippen LogP contribution is 2.36. The third-order valence-corrected chi connectivity index (χ3v) is 6.91. The lowest BCUT2D eigenvalue weighted by Gasteiger charge is -2.33. The Morgan fingerprint density at radius 3 is 2.58 bits per heavy atom. The van der Waals surface area contributed by atoms with E-state index < -0.39 is 5.60 Å². The minimum atomic E-state index is -0.418. The number of benzene rings is 2. The van der Waals surface area contributed by atoms with Crippen LogP contribution in [0.4, 0.5) is 5.69 Å². The van der Waals surface area contributed by atoms with Crippen LogP contribution in [0.2, 0.25) is 0 Å². The first-order valence-corrected chi connectivity index (χ1v) is 12.3. The molecule has 0 N–H and O–H groups in total. The van der Waals surface area contributed by atoms with Crippen molar-refractivity contribution < 1.29 is 9.53 Å². The predicted octanol–water partition coefficient (Wildman–Crippen LogP) is 3.78. The van der Waals surface area contributed by atoms with E-state index in [1.165, 1.54) is 38.5 Å². The number of ether oxygens (including phenoxy) is 1. The summed E-state index contributed by atoms with van der Waals surface area (Å²) in [4.78, 5) is 14.3. The summed E-state index contributed by atoms with van der Waals surface area (Å²) < 4.78 is 7.97. The van der Waals surface area contributed by atoms with E-state index >= 15 is 0 Å². The highest BCUT2D eigenvalue weighted by molar-refractivity contribution is 5.70. The molecule has 176 valence electrons. The van der Waals surface area contributed by atoms with Crippen molar-refractivity contribution >= 4 is 17.7 Å². The lowest BCUT2D eigenvalue weighted by atomic mass is 9.71. The number of hydrogen-bond donors (Lipinski definition) is 0. The molecule has 1 aliphatic heterocycles. The molecule has 0 spiro atoms. The number of carbonyl (C=O) groups is 1. The quantitative estimate of drug-likeness (QED) is 0.517. The Bertz CT molecular complexity index is 1200. The number of fused-ring (bicyclic) bond motifs is 3. The molecule has 0 unspecified atom stereocenters. The van der Waals surface area contributed by atoms with Crippen LogP contribution in [0.3, 0.4) is 0 Å². The normalized spacial score (nSPS) is 16.3. The van der Waals surface area contributed by atoms with E-state index in [4.69, 9.17) is 4.74 Å². The Hall–Kier alpha value is -2.62. The number of anilines is 1. The zero-order chi connectivity index (χ0) is 24.0. The van der Waals surface area contributed by atoms with Gasteiger partial charge in [-0.25, -0.2) is 4.58 Å². The van der Waals surface area contributed by atoms with E-state index in [0.717, 1.165) is 32.4 Å². The van der Waals surface area contributed by atoms with Crippen LogP contribution in [-0.2, 0) is 21.4 Å². The molecular weight excluding hydrogens is 408 g/mol. The van der Waals surface area contributed by atoms with E-state index in [1.807, 2.05) is 20.8 Å². The minimum Gasteiger partial charge on any atom is -0.460 e. The van der Waals surface area contributed by atoms with Crippen LogP contribution in [0.15, 0.2) is 30.3 Å². The largest absolute Gasteiger partial charge is 0.460 e. The van der Waals surface area contributed by atoms with E-state index in [-0.39, 0.29) is 11.4 Å². The summed E-state index contributed by atoms with van der Waals surface area (Å²) >= 11 is 0. The van der Waals surface area contributed by atoms with Gasteiger partial charge in [0.2, 0.25) is 5.36 Å². The van der Waals surface area contributed by atoms with Crippen molar-refractivity contribution in [1.82, 2.24) is 4.58 Å². The monoisotopic (exact) mass is 447 g/mol. The Kier molecular flexibility index (Phi) is 6.15. The topological polar surface area (TPSA) is 32.5 Å². The van der Waals surface area contributed by atoms with Crippen LogP contribution in [0.25, 0.3) is 6.08 Å². The third kappa shape index (κ3) is 4.85. The molecule has 0 aromatic heterocycles. The van der Waals surface area contributed by atoms with Gasteiger partial charge >= 0.3 is 5.97 Å². The standard InChI is InChI=1S/C29H39N2O2/c1-28(2,3)33-27(32)11-9-15-31-14-8-10-21-17-22-16-20-12-13-23(30(6)7)18-24(20)29(4,5)25(22)19-26(21)31/h12-13,16-19H,8-11,14-15H2,1-7H3/q+1. The molecule has 0 amide bonds. The van der Waals surface area contributed by atoms with Crippen molar-refractivity contribution in [1.29, 1.82) is 0 Å². The third-order valence-electron chi connectivity index (χ3n) is 6.91. The summed E-state index contributed by atoms with van der Waals surface area (Å²) in [6, 6.07) is 11.7. The average Bonchev–Trinajstić information content (AvgIpc) is 2.71. The SMILES string of the molecule is CN(C)c1ccc2c(c1)C(C)(C)c1cc3c(cc1=C2)CCC[N+]=3CCCC(=O)OC(C)(C)C. The number of hydrogen-bond acceptors (Lipinski definition) is 3. The van der Waals surface area contributed by atoms with Crippen LogP contribution in [0, 0.1) is 0 Å². The van der Waals surface area contributed by atoms with E-state index in [2.05, 4.69) is 73.8 Å². The molecule has 0 radical (unpaired) electrons. The molecule has 1 aliphatic carbocycles. The molecule has 2 aromatic carbocycles. The Morgan fingerprint density at radius 2 is 1.88 bits per heavy atom. The second-order valence-corrected chi connectivity index (χ2v) is 11.3. The number of aryl methyl sites for hydroxylation is 1. The van der Waals surface area contributed by atoms with Gasteiger partial charge in [0, 0.05) is 49.7 Å². The molecule has 2 aliphatic rings. The summed E-state index contributed by atoms with van der Waals surface area (Å²) in [5, 5.41) is 2.69. The Labute approximate surface area is 198 Å². The molecule has 2 aromatic rings. The number of esters is 1. The van der Waals surface area contributed by atoms with Crippen LogP contribution in [0.1, 0.15) is 76.1 Å². The van der Waals surface area contributed by atoms with Crippen LogP contribution in [-0.4, -0.2) is 38.8 Å². The zero-order valence-corrected chi connectivity index (χ0v) is 21.4. The second kappa shape index (κ2) is 8.62. The highest BCUT2D eigenvalue weighted by Gasteiger charge is 2.32. The van der Waals surface area contributed by atoms with Gasteiger partial charge in [0.15, 0.2) is 0 Å². The van der Waals surface area contributed by atoms with Gasteiger partial charge < -0.3 is 9.64 Å². The number of nitrogens with zero attached hydrogens (tertiary/aromatic N) is 2. The first-order chi connectivity index (χ1) is 15.5. The summed E-state index contributed by atoms with van der Waals surface area (Å²) in [6.45, 7) is 12.4. The van der Waals surface area contributed by atoms with E-state index in [9.17, 15) is 4.79 Å². The van der Waals surface area contributed by atoms with Crippen LogP contribution >= 0.6 is 0 Å². The maximum atomic E-state index is 12.2. The molecule has 0 bridgehead atoms. The van der Waals surface area contributed by atoms with E-state index in [0.29, 0.717) is 6.42 Å². The van der Waals surface area contributed by atoms with E-state index in [1.54, 1.807) is 0 Å². The van der Waals surface area contributed by atoms with Gasteiger partial charge in [-0.15, -0.1) is 0 Å². The van der Waals surface area contributed by atoms with Crippen molar-refractivity contribution in [3.63, 3.8) is 0 Å². The van der Waals surface area contributed by atoms with Gasteiger partial charge in [-0.2, -0.15) is 0 Å². The molecule has 0 atom stereocenters. The molecule has 4 rings (SSSR count). The molecule has 33 heavy (non-hydrogen) atoms. The molecule has 0 saturated carbocycles. The first kappa shape index (κ1) is 23.5. The predicted molar refractivity (Wildman–Crippen MR) is 137 cm³/mol. The fourth-order valence-corrected chi connectivity index (χ4v) is 5.23. The van der Waals surface area contributed by atoms with Crippen molar-refractivity contribution in [2.45, 2.75) is 71.3 Å². The molecule has 0 saturated heterocycles. The van der Waals surface area contributed by atoms with Gasteiger partial charge in [0.1, 0.15) is 18.7 Å². The van der Waals surface area contributed by atoms with Crippen molar-refractivity contribution in [2.24, 2.45) is 0 Å². The highest BCUT2D eigenvalue weighted by atomic mass is 16.6. The maximum absolute atomic E-state index is 12.2. The molecule has 0 fully saturated rings. The Morgan fingerprint density at radius 1 is 1.12 bits per heavy atom. The molecule has 4 nitrogen and oxygen atoms in total. The number of carbonyl (C=O) groups excluding carboxylic acids is 1. The van der Waals surface area contributed by atoms with Crippen molar-refractivity contribution in [3.8, 4) is 0 Å². The Balaban J connectivity index is 1.69. The number of rotatable bonds is 5. The maximum Gasteiger partial charge on any atom is 0.306 e. The molecule has 1 heterocycles. The summed E-state index contributed by atoms with van der Waals surface area (Å²) in [5.74, 6) is -0.103.